The highest BCUT2D eigenvalue weighted by Gasteiger charge is 2.32. The van der Waals surface area contributed by atoms with Gasteiger partial charge < -0.3 is 24.7 Å². The minimum absolute atomic E-state index is 0. The lowest BCUT2D eigenvalue weighted by atomic mass is 9.87. The summed E-state index contributed by atoms with van der Waals surface area (Å²) < 4.78 is 41.6. The summed E-state index contributed by atoms with van der Waals surface area (Å²) in [6.07, 6.45) is 26.9. The highest BCUT2D eigenvalue weighted by Crippen LogP contribution is 2.41. The highest BCUT2D eigenvalue weighted by atomic mass is 79.9. The molecule has 3 saturated heterocycles. The van der Waals surface area contributed by atoms with Gasteiger partial charge in [-0.15, -0.1) is 6.58 Å². The van der Waals surface area contributed by atoms with E-state index in [1.165, 1.54) is 194 Å². The van der Waals surface area contributed by atoms with Gasteiger partial charge in [-0.25, -0.2) is 13.2 Å². The first kappa shape index (κ1) is 79.4. The molecule has 11 heteroatoms. The largest absolute Gasteiger partial charge is 0.508 e. The first-order valence-electron chi connectivity index (χ1n) is 38.3. The van der Waals surface area contributed by atoms with E-state index in [0.29, 0.717) is 5.75 Å². The van der Waals surface area contributed by atoms with Crippen molar-refractivity contribution < 1.29 is 18.3 Å². The zero-order valence-corrected chi connectivity index (χ0v) is 62.5. The SMILES string of the molecule is C.C.C=CCN1CCCCC1.Cc1ccc2c(c1)CCN(c1ccc(F)cc1)C2Cc1ccc(/C=C/CN2CCCCC2)cc1.Cc1ccc2c(c1)CCN(c1ccc(F)cc1)C2Cc1ccc(Br)cc1.Oc1ccc2c(c1)CCN(c1ccc(F)cc1)C2Cc1ccc(CCCN2CCCCC2)cc1. The first-order chi connectivity index (χ1) is 50.3. The van der Waals surface area contributed by atoms with Gasteiger partial charge in [0.1, 0.15) is 23.2 Å². The summed E-state index contributed by atoms with van der Waals surface area (Å²) in [5.41, 5.74) is 20.6. The van der Waals surface area contributed by atoms with Crippen LogP contribution in [0.2, 0.25) is 0 Å². The van der Waals surface area contributed by atoms with Crippen molar-refractivity contribution in [2.45, 2.75) is 156 Å². The third-order valence-electron chi connectivity index (χ3n) is 21.8. The van der Waals surface area contributed by atoms with E-state index in [-0.39, 0.29) is 50.4 Å². The van der Waals surface area contributed by atoms with Gasteiger partial charge in [-0.3, -0.25) is 9.80 Å². The van der Waals surface area contributed by atoms with Crippen LogP contribution in [0.1, 0.15) is 170 Å². The van der Waals surface area contributed by atoms with Crippen molar-refractivity contribution in [3.63, 3.8) is 0 Å². The smallest absolute Gasteiger partial charge is 0.123 e. The van der Waals surface area contributed by atoms with Crippen LogP contribution in [0.25, 0.3) is 6.08 Å². The lowest BCUT2D eigenvalue weighted by Crippen LogP contribution is -2.36. The molecule has 0 bridgehead atoms. The van der Waals surface area contributed by atoms with Crippen LogP contribution in [0.3, 0.4) is 0 Å². The molecule has 105 heavy (non-hydrogen) atoms. The number of benzene rings is 9. The van der Waals surface area contributed by atoms with Crippen molar-refractivity contribution in [1.29, 1.82) is 0 Å². The molecule has 9 aromatic carbocycles. The number of nitrogens with zero attached hydrogens (tertiary/aromatic N) is 6. The van der Waals surface area contributed by atoms with Crippen molar-refractivity contribution in [2.75, 3.05) is 93.2 Å². The maximum absolute atomic E-state index is 13.6. The maximum Gasteiger partial charge on any atom is 0.123 e. The predicted octanol–water partition coefficient (Wildman–Crippen LogP) is 22.4. The van der Waals surface area contributed by atoms with E-state index < -0.39 is 0 Å². The number of anilines is 3. The average molecular weight is 1480 g/mol. The topological polar surface area (TPSA) is 39.7 Å². The van der Waals surface area contributed by atoms with Crippen molar-refractivity contribution in [1.82, 2.24) is 14.7 Å². The van der Waals surface area contributed by atoms with Crippen molar-refractivity contribution in [3.8, 4) is 5.75 Å². The Bertz CT molecular complexity index is 4130. The molecular weight excluding hydrogens is 1370 g/mol. The molecule has 1 N–H and O–H groups in total. The molecule has 0 aromatic heterocycles. The molecular formula is C94H114BrF3N6O. The number of likely N-dealkylation sites (tertiary alicyclic amines) is 3. The number of aryl methyl sites for hydroxylation is 3. The van der Waals surface area contributed by atoms with Crippen molar-refractivity contribution in [2.24, 2.45) is 0 Å². The number of halogens is 4. The molecule has 6 aliphatic heterocycles. The molecule has 9 aromatic rings. The fourth-order valence-electron chi connectivity index (χ4n) is 16.3. The van der Waals surface area contributed by atoms with Crippen molar-refractivity contribution in [3.05, 3.63) is 313 Å². The van der Waals surface area contributed by atoms with Crippen LogP contribution in [0.4, 0.5) is 30.2 Å². The number of fused-ring (bicyclic) bond motifs is 3. The standard InChI is InChI=1S/C31H35FN2.C30H35FN2O.C23H21BrFN.C8H15N.2CH4/c1-24-7-16-30-27(22-24)17-21-34(29-14-12-28(32)13-15-29)31(30)23-26-10-8-25(9-11-26)6-5-20-33-18-3-2-4-19-33;31-26-10-12-27(13-11-26)33-20-16-25-22-28(34)14-15-29(25)30(33)21-24-8-6-23(7-9-24)5-4-19-32-17-2-1-3-18-32;1-16-2-11-22-18(14-16)12-13-26(21-9-7-20(25)8-10-21)23(22)15-17-3-5-19(24)6-4-17;1-2-6-9-7-4-3-5-8-9;;/h5-16,22,31H,2-4,17-21,23H2,1H3;6-15,22,30,34H,1-5,16-21H2;2-11,14,23H,12-13,15H2,1H3;2H,1,3-8H2;2*1H4/b6-5+;;;;;. The molecule has 6 aliphatic rings. The van der Waals surface area contributed by atoms with Crippen LogP contribution < -0.4 is 14.7 Å². The fourth-order valence-corrected chi connectivity index (χ4v) is 16.5. The van der Waals surface area contributed by atoms with Crippen LogP contribution in [0.5, 0.6) is 5.75 Å². The number of rotatable bonds is 18. The van der Waals surface area contributed by atoms with Gasteiger partial charge in [-0.2, -0.15) is 0 Å². The Morgan fingerprint density at radius 2 is 0.771 bits per heavy atom. The normalized spacial score (nSPS) is 18.1. The predicted molar refractivity (Wildman–Crippen MR) is 441 cm³/mol. The van der Waals surface area contributed by atoms with Gasteiger partial charge in [-0.1, -0.05) is 183 Å². The van der Waals surface area contributed by atoms with Gasteiger partial charge in [0.25, 0.3) is 0 Å². The molecule has 3 unspecified atom stereocenters. The second-order valence-corrected chi connectivity index (χ2v) is 30.2. The molecule has 7 nitrogen and oxygen atoms in total. The Morgan fingerprint density at radius 3 is 1.19 bits per heavy atom. The van der Waals surface area contributed by atoms with E-state index in [0.717, 1.165) is 99.2 Å². The van der Waals surface area contributed by atoms with Gasteiger partial charge >= 0.3 is 0 Å². The number of phenolic OH excluding ortho intramolecular Hbond substituents is 1. The average Bonchev–Trinajstić information content (AvgIpc) is 0.793. The molecule has 0 spiro atoms. The maximum atomic E-state index is 13.6. The van der Waals surface area contributed by atoms with E-state index in [1.54, 1.807) is 30.3 Å². The molecule has 3 atom stereocenters. The molecule has 0 radical (unpaired) electrons. The zero-order valence-electron chi connectivity index (χ0n) is 60.9. The number of piperidine rings is 3. The van der Waals surface area contributed by atoms with Gasteiger partial charge in [0.2, 0.25) is 0 Å². The van der Waals surface area contributed by atoms with Crippen LogP contribution in [0, 0.1) is 31.3 Å². The summed E-state index contributed by atoms with van der Waals surface area (Å²) in [7, 11) is 0. The molecule has 554 valence electrons. The lowest BCUT2D eigenvalue weighted by Gasteiger charge is -2.39. The van der Waals surface area contributed by atoms with Crippen LogP contribution >= 0.6 is 15.9 Å². The Balaban J connectivity index is 0.000000159. The first-order valence-corrected chi connectivity index (χ1v) is 39.1. The molecule has 3 fully saturated rings. The van der Waals surface area contributed by atoms with Gasteiger partial charge in [0.05, 0.1) is 18.1 Å². The monoisotopic (exact) mass is 1480 g/mol. The molecule has 0 saturated carbocycles. The summed E-state index contributed by atoms with van der Waals surface area (Å²) in [5.74, 6) is -0.261. The Kier molecular flexibility index (Phi) is 30.2. The number of hydrogen-bond acceptors (Lipinski definition) is 7. The summed E-state index contributed by atoms with van der Waals surface area (Å²) >= 11 is 3.51. The third-order valence-corrected chi connectivity index (χ3v) is 22.3. The Hall–Kier alpha value is -8.19. The van der Waals surface area contributed by atoms with E-state index in [4.69, 9.17) is 0 Å². The number of aromatic hydroxyl groups is 1. The summed E-state index contributed by atoms with van der Waals surface area (Å²) in [6, 6.07) is 67.4. The zero-order chi connectivity index (χ0) is 71.3. The lowest BCUT2D eigenvalue weighted by molar-refractivity contribution is 0.226. The van der Waals surface area contributed by atoms with E-state index in [1.807, 2.05) is 48.5 Å². The summed E-state index contributed by atoms with van der Waals surface area (Å²) in [6.45, 7) is 21.7. The number of phenols is 1. The highest BCUT2D eigenvalue weighted by molar-refractivity contribution is 9.10. The Labute approximate surface area is 636 Å². The second-order valence-electron chi connectivity index (χ2n) is 29.3. The minimum atomic E-state index is -0.210. The quantitative estimate of drug-likeness (QED) is 0.0859. The summed E-state index contributed by atoms with van der Waals surface area (Å²) in [5, 5.41) is 10.0. The van der Waals surface area contributed by atoms with Crippen LogP contribution in [0.15, 0.2) is 223 Å². The summed E-state index contributed by atoms with van der Waals surface area (Å²) in [4.78, 5) is 14.9. The molecule has 15 rings (SSSR count). The Morgan fingerprint density at radius 1 is 0.410 bits per heavy atom. The third kappa shape index (κ3) is 22.7. The van der Waals surface area contributed by atoms with Crippen molar-refractivity contribution >= 4 is 39.1 Å². The van der Waals surface area contributed by atoms with E-state index in [9.17, 15) is 18.3 Å². The molecule has 0 amide bonds. The minimum Gasteiger partial charge on any atom is -0.508 e. The van der Waals surface area contributed by atoms with E-state index in [2.05, 4.69) is 193 Å². The van der Waals surface area contributed by atoms with Crippen LogP contribution in [-0.2, 0) is 44.9 Å². The van der Waals surface area contributed by atoms with Crippen LogP contribution in [-0.4, -0.2) is 98.3 Å². The van der Waals surface area contributed by atoms with Gasteiger partial charge in [0, 0.05) is 54.3 Å². The van der Waals surface area contributed by atoms with Gasteiger partial charge in [-0.05, 0) is 308 Å². The molecule has 6 heterocycles. The van der Waals surface area contributed by atoms with E-state index >= 15 is 0 Å². The second kappa shape index (κ2) is 40.0. The van der Waals surface area contributed by atoms with Gasteiger partial charge in [0.15, 0.2) is 0 Å². The molecule has 0 aliphatic carbocycles. The fraction of sp³-hybridized carbons (Fsp3) is 0.383. The number of hydrogen-bond donors (Lipinski definition) is 1.